The molecular weight excluding hydrogens is 218 g/mol. The molecule has 0 amide bonds. The molecule has 1 fully saturated rings. The minimum Gasteiger partial charge on any atom is -0.363 e. The monoisotopic (exact) mass is 237 g/mol. The third-order valence-corrected chi connectivity index (χ3v) is 3.95. The zero-order valence-corrected chi connectivity index (χ0v) is 10.8. The summed E-state index contributed by atoms with van der Waals surface area (Å²) in [4.78, 5) is 6.42. The summed E-state index contributed by atoms with van der Waals surface area (Å²) in [6, 6.07) is 4.91. The fraction of sp³-hybridized carbons (Fsp3) is 0.583. The molecule has 2 rings (SSSR count). The molecule has 0 spiro atoms. The van der Waals surface area contributed by atoms with Crippen LogP contribution in [-0.4, -0.2) is 36.6 Å². The molecule has 0 bridgehead atoms. The summed E-state index contributed by atoms with van der Waals surface area (Å²) in [6.45, 7) is 0.936. The highest BCUT2D eigenvalue weighted by atomic mass is 32.2. The van der Waals surface area contributed by atoms with Crippen molar-refractivity contribution in [2.75, 3.05) is 30.5 Å². The van der Waals surface area contributed by atoms with Crippen LogP contribution in [0.25, 0.3) is 0 Å². The maximum Gasteiger partial charge on any atom is 0.127 e. The molecular formula is C12H19N3S. The van der Waals surface area contributed by atoms with Gasteiger partial charge in [0.15, 0.2) is 0 Å². The summed E-state index contributed by atoms with van der Waals surface area (Å²) < 4.78 is 0. The van der Waals surface area contributed by atoms with E-state index in [0.29, 0.717) is 6.04 Å². The molecule has 16 heavy (non-hydrogen) atoms. The van der Waals surface area contributed by atoms with Gasteiger partial charge in [-0.3, -0.25) is 0 Å². The topological polar surface area (TPSA) is 28.2 Å². The number of hydrogen-bond acceptors (Lipinski definition) is 4. The van der Waals surface area contributed by atoms with E-state index in [4.69, 9.17) is 0 Å². The van der Waals surface area contributed by atoms with Crippen molar-refractivity contribution in [3.63, 3.8) is 0 Å². The van der Waals surface area contributed by atoms with Gasteiger partial charge in [0, 0.05) is 38.6 Å². The Morgan fingerprint density at radius 1 is 1.50 bits per heavy atom. The lowest BCUT2D eigenvalue weighted by Gasteiger charge is -2.13. The van der Waals surface area contributed by atoms with E-state index in [2.05, 4.69) is 22.4 Å². The average molecular weight is 237 g/mol. The lowest BCUT2D eigenvalue weighted by Crippen LogP contribution is -2.28. The van der Waals surface area contributed by atoms with Gasteiger partial charge in [0.1, 0.15) is 5.82 Å². The standard InChI is InChI=1S/C12H19N3S/c1-15(2)12-4-3-10(8-14-12)7-13-11-5-6-16-9-11/h3-4,8,11,13H,5-7,9H2,1-2H3. The Morgan fingerprint density at radius 2 is 2.38 bits per heavy atom. The van der Waals surface area contributed by atoms with E-state index in [0.717, 1.165) is 12.4 Å². The lowest BCUT2D eigenvalue weighted by atomic mass is 10.2. The summed E-state index contributed by atoms with van der Waals surface area (Å²) in [5.74, 6) is 3.57. The van der Waals surface area contributed by atoms with Crippen molar-refractivity contribution >= 4 is 17.6 Å². The number of nitrogens with one attached hydrogen (secondary N) is 1. The summed E-state index contributed by atoms with van der Waals surface area (Å²) in [7, 11) is 4.02. The summed E-state index contributed by atoms with van der Waals surface area (Å²) in [6.07, 6.45) is 3.26. The highest BCUT2D eigenvalue weighted by molar-refractivity contribution is 7.99. The van der Waals surface area contributed by atoms with E-state index in [-0.39, 0.29) is 0 Å². The maximum atomic E-state index is 4.40. The van der Waals surface area contributed by atoms with Crippen LogP contribution < -0.4 is 10.2 Å². The molecule has 1 aromatic rings. The van der Waals surface area contributed by atoms with Crippen LogP contribution in [0.1, 0.15) is 12.0 Å². The van der Waals surface area contributed by atoms with Gasteiger partial charge in [-0.15, -0.1) is 0 Å². The van der Waals surface area contributed by atoms with E-state index < -0.39 is 0 Å². The second kappa shape index (κ2) is 5.55. The average Bonchev–Trinajstić information content (AvgIpc) is 2.80. The Kier molecular flexibility index (Phi) is 4.07. The SMILES string of the molecule is CN(C)c1ccc(CNC2CCSC2)cn1. The number of thioether (sulfide) groups is 1. The van der Waals surface area contributed by atoms with Gasteiger partial charge in [0.25, 0.3) is 0 Å². The summed E-state index contributed by atoms with van der Waals surface area (Å²) in [5.41, 5.74) is 1.27. The van der Waals surface area contributed by atoms with Crippen LogP contribution in [0.4, 0.5) is 5.82 Å². The first-order chi connectivity index (χ1) is 7.75. The fourth-order valence-corrected chi connectivity index (χ4v) is 2.93. The maximum absolute atomic E-state index is 4.40. The largest absolute Gasteiger partial charge is 0.363 e. The predicted molar refractivity (Wildman–Crippen MR) is 71.1 cm³/mol. The molecule has 1 saturated heterocycles. The minimum absolute atomic E-state index is 0.693. The van der Waals surface area contributed by atoms with Crippen LogP contribution >= 0.6 is 11.8 Å². The Hall–Kier alpha value is -0.740. The number of pyridine rings is 1. The molecule has 2 heterocycles. The van der Waals surface area contributed by atoms with Crippen LogP contribution in [0.2, 0.25) is 0 Å². The van der Waals surface area contributed by atoms with Crippen LogP contribution in [0.3, 0.4) is 0 Å². The Morgan fingerprint density at radius 3 is 2.94 bits per heavy atom. The molecule has 1 aromatic heterocycles. The van der Waals surface area contributed by atoms with E-state index in [1.807, 2.05) is 37.0 Å². The Labute approximate surface area is 102 Å². The first-order valence-electron chi connectivity index (χ1n) is 5.69. The Bertz CT molecular complexity index is 318. The number of aromatic nitrogens is 1. The molecule has 1 aliphatic heterocycles. The van der Waals surface area contributed by atoms with Crippen molar-refractivity contribution < 1.29 is 0 Å². The molecule has 1 unspecified atom stereocenters. The molecule has 0 radical (unpaired) electrons. The third kappa shape index (κ3) is 3.12. The fourth-order valence-electron chi connectivity index (χ4n) is 1.74. The van der Waals surface area contributed by atoms with Crippen molar-refractivity contribution in [3.8, 4) is 0 Å². The molecule has 0 aromatic carbocycles. The minimum atomic E-state index is 0.693. The molecule has 4 heteroatoms. The molecule has 0 saturated carbocycles. The van der Waals surface area contributed by atoms with E-state index >= 15 is 0 Å². The smallest absolute Gasteiger partial charge is 0.127 e. The predicted octanol–water partition coefficient (Wildman–Crippen LogP) is 1.74. The van der Waals surface area contributed by atoms with Crippen molar-refractivity contribution in [1.29, 1.82) is 0 Å². The van der Waals surface area contributed by atoms with Crippen LogP contribution in [-0.2, 0) is 6.54 Å². The van der Waals surface area contributed by atoms with Crippen molar-refractivity contribution in [1.82, 2.24) is 10.3 Å². The Balaban J connectivity index is 1.84. The van der Waals surface area contributed by atoms with Gasteiger partial charge in [0.2, 0.25) is 0 Å². The van der Waals surface area contributed by atoms with Crippen LogP contribution in [0, 0.1) is 0 Å². The number of rotatable bonds is 4. The second-order valence-corrected chi connectivity index (χ2v) is 5.51. The zero-order chi connectivity index (χ0) is 11.4. The first kappa shape index (κ1) is 11.7. The van der Waals surface area contributed by atoms with Gasteiger partial charge in [-0.1, -0.05) is 6.07 Å². The van der Waals surface area contributed by atoms with Gasteiger partial charge in [0.05, 0.1) is 0 Å². The summed E-state index contributed by atoms with van der Waals surface area (Å²) >= 11 is 2.04. The van der Waals surface area contributed by atoms with Gasteiger partial charge < -0.3 is 10.2 Å². The normalized spacial score (nSPS) is 20.0. The summed E-state index contributed by atoms with van der Waals surface area (Å²) in [5, 5.41) is 3.57. The lowest BCUT2D eigenvalue weighted by molar-refractivity contribution is 0.557. The first-order valence-corrected chi connectivity index (χ1v) is 6.84. The quantitative estimate of drug-likeness (QED) is 0.863. The highest BCUT2D eigenvalue weighted by Gasteiger charge is 2.14. The molecule has 1 N–H and O–H groups in total. The number of hydrogen-bond donors (Lipinski definition) is 1. The highest BCUT2D eigenvalue weighted by Crippen LogP contribution is 2.17. The zero-order valence-electron chi connectivity index (χ0n) is 9.94. The molecule has 88 valence electrons. The van der Waals surface area contributed by atoms with Crippen molar-refractivity contribution in [3.05, 3.63) is 23.9 Å². The van der Waals surface area contributed by atoms with E-state index in [1.165, 1.54) is 23.5 Å². The van der Waals surface area contributed by atoms with Gasteiger partial charge in [-0.25, -0.2) is 4.98 Å². The van der Waals surface area contributed by atoms with Gasteiger partial charge >= 0.3 is 0 Å². The van der Waals surface area contributed by atoms with E-state index in [9.17, 15) is 0 Å². The number of anilines is 1. The number of nitrogens with zero attached hydrogens (tertiary/aromatic N) is 2. The van der Waals surface area contributed by atoms with Gasteiger partial charge in [-0.2, -0.15) is 11.8 Å². The molecule has 0 aliphatic carbocycles. The van der Waals surface area contributed by atoms with Crippen LogP contribution in [0.15, 0.2) is 18.3 Å². The molecule has 1 aliphatic rings. The van der Waals surface area contributed by atoms with Crippen LogP contribution in [0.5, 0.6) is 0 Å². The van der Waals surface area contributed by atoms with Crippen molar-refractivity contribution in [2.24, 2.45) is 0 Å². The van der Waals surface area contributed by atoms with Gasteiger partial charge in [-0.05, 0) is 23.8 Å². The van der Waals surface area contributed by atoms with Crippen molar-refractivity contribution in [2.45, 2.75) is 19.0 Å². The molecule has 1 atom stereocenters. The second-order valence-electron chi connectivity index (χ2n) is 4.36. The van der Waals surface area contributed by atoms with E-state index in [1.54, 1.807) is 0 Å². The molecule has 3 nitrogen and oxygen atoms in total. The third-order valence-electron chi connectivity index (χ3n) is 2.79.